The van der Waals surface area contributed by atoms with Crippen molar-refractivity contribution in [1.82, 2.24) is 34.3 Å². The summed E-state index contributed by atoms with van der Waals surface area (Å²) < 4.78 is 14.8. The zero-order chi connectivity index (χ0) is 20.5. The number of fused-ring (bicyclic) bond motifs is 5. The van der Waals surface area contributed by atoms with Crippen LogP contribution in [0.1, 0.15) is 22.9 Å². The van der Waals surface area contributed by atoms with Gasteiger partial charge in [-0.2, -0.15) is 0 Å². The van der Waals surface area contributed by atoms with Crippen LogP contribution in [0.5, 0.6) is 5.75 Å². The van der Waals surface area contributed by atoms with E-state index in [0.717, 1.165) is 34.3 Å². The number of hydrogen-bond acceptors (Lipinski definition) is 7. The lowest BCUT2D eigenvalue weighted by Crippen LogP contribution is -2.09. The van der Waals surface area contributed by atoms with Gasteiger partial charge in [-0.1, -0.05) is 0 Å². The molecule has 0 radical (unpaired) electrons. The summed E-state index contributed by atoms with van der Waals surface area (Å²) in [5.41, 5.74) is 4.00. The van der Waals surface area contributed by atoms with Crippen molar-refractivity contribution in [2.24, 2.45) is 0 Å². The first-order valence-electron chi connectivity index (χ1n) is 9.22. The van der Waals surface area contributed by atoms with Gasteiger partial charge in [0.05, 0.1) is 31.2 Å². The summed E-state index contributed by atoms with van der Waals surface area (Å²) in [5, 5.41) is 8.75. The standard InChI is InChI=1S/C21H17N7O2/c1-29-12-20-25-26-21-16-9-15(30-2)4-6-18(16)28-13-24-17(19(28)11-27(20)21)5-3-14-10-22-7-8-23-14/h4,6-10,13H,11-12H2,1-2H3. The van der Waals surface area contributed by atoms with Gasteiger partial charge in [-0.15, -0.1) is 10.2 Å². The summed E-state index contributed by atoms with van der Waals surface area (Å²) in [7, 11) is 3.28. The second-order valence-corrected chi connectivity index (χ2v) is 6.59. The molecule has 3 aromatic heterocycles. The fourth-order valence-corrected chi connectivity index (χ4v) is 3.44. The molecular formula is C21H17N7O2. The van der Waals surface area contributed by atoms with E-state index in [9.17, 15) is 0 Å². The molecule has 0 N–H and O–H groups in total. The van der Waals surface area contributed by atoms with Crippen LogP contribution in [-0.2, 0) is 17.9 Å². The van der Waals surface area contributed by atoms with Gasteiger partial charge in [0.15, 0.2) is 11.6 Å². The highest BCUT2D eigenvalue weighted by Crippen LogP contribution is 2.34. The number of imidazole rings is 1. The van der Waals surface area contributed by atoms with E-state index >= 15 is 0 Å². The van der Waals surface area contributed by atoms with E-state index in [2.05, 4.69) is 37.0 Å². The highest BCUT2D eigenvalue weighted by Gasteiger charge is 2.26. The molecule has 0 unspecified atom stereocenters. The molecule has 4 aromatic rings. The molecule has 0 saturated heterocycles. The quantitative estimate of drug-likeness (QED) is 0.427. The molecule has 0 fully saturated rings. The van der Waals surface area contributed by atoms with Gasteiger partial charge in [-0.3, -0.25) is 9.55 Å². The van der Waals surface area contributed by atoms with Crippen molar-refractivity contribution in [3.63, 3.8) is 0 Å². The summed E-state index contributed by atoms with van der Waals surface area (Å²) in [6.45, 7) is 0.851. The number of nitrogens with zero attached hydrogens (tertiary/aromatic N) is 7. The van der Waals surface area contributed by atoms with Crippen LogP contribution in [-0.4, -0.2) is 48.5 Å². The summed E-state index contributed by atoms with van der Waals surface area (Å²) in [6.07, 6.45) is 6.63. The minimum atomic E-state index is 0.348. The molecule has 0 atom stereocenters. The largest absolute Gasteiger partial charge is 0.497 e. The normalized spacial score (nSPS) is 11.5. The van der Waals surface area contributed by atoms with Crippen LogP contribution in [0.15, 0.2) is 43.1 Å². The van der Waals surface area contributed by atoms with Gasteiger partial charge < -0.3 is 14.0 Å². The van der Waals surface area contributed by atoms with Gasteiger partial charge >= 0.3 is 0 Å². The van der Waals surface area contributed by atoms with Gasteiger partial charge in [0.25, 0.3) is 0 Å². The number of hydrogen-bond donors (Lipinski definition) is 0. The molecule has 4 heterocycles. The molecule has 148 valence electrons. The lowest BCUT2D eigenvalue weighted by atomic mass is 10.1. The van der Waals surface area contributed by atoms with E-state index in [0.29, 0.717) is 24.5 Å². The first-order chi connectivity index (χ1) is 14.8. The maximum absolute atomic E-state index is 5.43. The first-order valence-corrected chi connectivity index (χ1v) is 9.22. The molecule has 1 aliphatic rings. The summed E-state index contributed by atoms with van der Waals surface area (Å²) in [6, 6.07) is 5.85. The Balaban J connectivity index is 1.70. The average Bonchev–Trinajstić information content (AvgIpc) is 3.34. The van der Waals surface area contributed by atoms with Crippen molar-refractivity contribution in [2.45, 2.75) is 13.2 Å². The van der Waals surface area contributed by atoms with E-state index in [1.165, 1.54) is 0 Å². The second-order valence-electron chi connectivity index (χ2n) is 6.59. The highest BCUT2D eigenvalue weighted by atomic mass is 16.5. The smallest absolute Gasteiger partial charge is 0.166 e. The number of ether oxygens (including phenoxy) is 2. The van der Waals surface area contributed by atoms with Crippen LogP contribution in [0.25, 0.3) is 17.1 Å². The Labute approximate surface area is 172 Å². The number of aromatic nitrogens is 7. The summed E-state index contributed by atoms with van der Waals surface area (Å²) in [4.78, 5) is 12.8. The zero-order valence-electron chi connectivity index (χ0n) is 16.4. The minimum Gasteiger partial charge on any atom is -0.497 e. The van der Waals surface area contributed by atoms with E-state index in [1.807, 2.05) is 27.3 Å². The molecule has 0 bridgehead atoms. The fourth-order valence-electron chi connectivity index (χ4n) is 3.44. The summed E-state index contributed by atoms with van der Waals surface area (Å²) >= 11 is 0. The maximum Gasteiger partial charge on any atom is 0.166 e. The predicted octanol–water partition coefficient (Wildman–Crippen LogP) is 1.84. The number of methoxy groups -OCH3 is 2. The Kier molecular flexibility index (Phi) is 4.46. The number of rotatable bonds is 3. The molecule has 0 spiro atoms. The molecule has 9 nitrogen and oxygen atoms in total. The molecular weight excluding hydrogens is 382 g/mol. The topological polar surface area (TPSA) is 92.8 Å². The Hall–Kier alpha value is -4.03. The Morgan fingerprint density at radius 3 is 2.83 bits per heavy atom. The predicted molar refractivity (Wildman–Crippen MR) is 107 cm³/mol. The monoisotopic (exact) mass is 399 g/mol. The van der Waals surface area contributed by atoms with Crippen LogP contribution >= 0.6 is 0 Å². The van der Waals surface area contributed by atoms with E-state index in [4.69, 9.17) is 9.47 Å². The molecule has 0 saturated carbocycles. The van der Waals surface area contributed by atoms with Crippen molar-refractivity contribution >= 4 is 0 Å². The van der Waals surface area contributed by atoms with Crippen LogP contribution < -0.4 is 4.74 Å². The third-order valence-corrected chi connectivity index (χ3v) is 4.85. The van der Waals surface area contributed by atoms with Gasteiger partial charge in [-0.25, -0.2) is 9.97 Å². The zero-order valence-corrected chi connectivity index (χ0v) is 16.4. The van der Waals surface area contributed by atoms with Crippen LogP contribution in [0.2, 0.25) is 0 Å². The Bertz CT molecular complexity index is 1280. The van der Waals surface area contributed by atoms with E-state index < -0.39 is 0 Å². The minimum absolute atomic E-state index is 0.348. The number of benzene rings is 1. The second kappa shape index (κ2) is 7.42. The third kappa shape index (κ3) is 3.00. The lowest BCUT2D eigenvalue weighted by Gasteiger charge is -2.09. The van der Waals surface area contributed by atoms with Crippen molar-refractivity contribution in [1.29, 1.82) is 0 Å². The van der Waals surface area contributed by atoms with Gasteiger partial charge in [0.2, 0.25) is 0 Å². The van der Waals surface area contributed by atoms with Crippen molar-refractivity contribution in [3.05, 3.63) is 66.0 Å². The molecule has 30 heavy (non-hydrogen) atoms. The Morgan fingerprint density at radius 2 is 2.03 bits per heavy atom. The SMILES string of the molecule is COCc1nnc2n1Cc1c(C#Cc3cnccn3)ncn1-c1ccc(OC)cc1-2. The van der Waals surface area contributed by atoms with E-state index in [1.54, 1.807) is 39.1 Å². The van der Waals surface area contributed by atoms with Gasteiger partial charge in [0, 0.05) is 25.1 Å². The maximum atomic E-state index is 5.43. The van der Waals surface area contributed by atoms with E-state index in [-0.39, 0.29) is 0 Å². The van der Waals surface area contributed by atoms with Crippen LogP contribution in [0, 0.1) is 11.8 Å². The first kappa shape index (κ1) is 18.0. The fraction of sp³-hybridized carbons (Fsp3) is 0.190. The van der Waals surface area contributed by atoms with Crippen LogP contribution in [0.3, 0.4) is 0 Å². The average molecular weight is 399 g/mol. The summed E-state index contributed by atoms with van der Waals surface area (Å²) in [5.74, 6) is 8.37. The molecule has 1 aliphatic heterocycles. The highest BCUT2D eigenvalue weighted by molar-refractivity contribution is 5.71. The molecule has 1 aromatic carbocycles. The van der Waals surface area contributed by atoms with Crippen LogP contribution in [0.4, 0.5) is 0 Å². The molecule has 0 aliphatic carbocycles. The van der Waals surface area contributed by atoms with Crippen molar-refractivity contribution < 1.29 is 9.47 Å². The molecule has 5 rings (SSSR count). The van der Waals surface area contributed by atoms with Gasteiger partial charge in [-0.05, 0) is 30.0 Å². The third-order valence-electron chi connectivity index (χ3n) is 4.85. The lowest BCUT2D eigenvalue weighted by molar-refractivity contribution is 0.174. The molecule has 9 heteroatoms. The van der Waals surface area contributed by atoms with Crippen molar-refractivity contribution in [3.8, 4) is 34.7 Å². The Morgan fingerprint density at radius 1 is 1.10 bits per heavy atom. The van der Waals surface area contributed by atoms with Crippen molar-refractivity contribution in [2.75, 3.05) is 14.2 Å². The molecule has 0 amide bonds. The van der Waals surface area contributed by atoms with Gasteiger partial charge in [0.1, 0.15) is 30.1 Å².